The number of rotatable bonds is 7. The van der Waals surface area contributed by atoms with Gasteiger partial charge in [0.2, 0.25) is 0 Å². The van der Waals surface area contributed by atoms with Crippen LogP contribution < -0.4 is 5.32 Å². The number of likely N-dealkylation sites (N-methyl/N-ethyl adjacent to an activating group) is 1. The minimum absolute atomic E-state index is 0.500. The fourth-order valence-corrected chi connectivity index (χ4v) is 3.51. The maximum absolute atomic E-state index is 4.08. The summed E-state index contributed by atoms with van der Waals surface area (Å²) in [6.45, 7) is 7.06. The minimum atomic E-state index is 0.500. The van der Waals surface area contributed by atoms with Gasteiger partial charge in [0.1, 0.15) is 0 Å². The van der Waals surface area contributed by atoms with E-state index in [1.165, 1.54) is 50.9 Å². The van der Waals surface area contributed by atoms with Gasteiger partial charge in [-0.15, -0.1) is 0 Å². The van der Waals surface area contributed by atoms with Crippen molar-refractivity contribution in [3.8, 4) is 0 Å². The van der Waals surface area contributed by atoms with E-state index in [9.17, 15) is 0 Å². The molecule has 1 fully saturated rings. The SMILES string of the molecule is CCCC1(CN(C)CCc2ccncc2)CCCNC1. The van der Waals surface area contributed by atoms with Crippen molar-refractivity contribution in [2.24, 2.45) is 5.41 Å². The third-order valence-corrected chi connectivity index (χ3v) is 4.48. The molecule has 1 saturated heterocycles. The Morgan fingerprint density at radius 1 is 1.35 bits per heavy atom. The zero-order chi connectivity index (χ0) is 14.3. The van der Waals surface area contributed by atoms with Gasteiger partial charge in [0.25, 0.3) is 0 Å². The highest BCUT2D eigenvalue weighted by Crippen LogP contribution is 2.32. The quantitative estimate of drug-likeness (QED) is 0.829. The Bertz CT molecular complexity index is 366. The monoisotopic (exact) mass is 275 g/mol. The van der Waals surface area contributed by atoms with Crippen LogP contribution in [-0.4, -0.2) is 43.1 Å². The highest BCUT2D eigenvalue weighted by atomic mass is 15.1. The number of piperidine rings is 1. The number of nitrogens with zero attached hydrogens (tertiary/aromatic N) is 2. The fraction of sp³-hybridized carbons (Fsp3) is 0.706. The van der Waals surface area contributed by atoms with E-state index < -0.39 is 0 Å². The molecular weight excluding hydrogens is 246 g/mol. The molecule has 0 radical (unpaired) electrons. The molecule has 1 aromatic rings. The molecule has 0 aliphatic carbocycles. The lowest BCUT2D eigenvalue weighted by atomic mass is 9.76. The van der Waals surface area contributed by atoms with E-state index in [0.29, 0.717) is 5.41 Å². The lowest BCUT2D eigenvalue weighted by Crippen LogP contribution is -2.47. The van der Waals surface area contributed by atoms with Crippen molar-refractivity contribution in [3.63, 3.8) is 0 Å². The molecule has 3 heteroatoms. The maximum Gasteiger partial charge on any atom is 0.0270 e. The molecule has 0 spiro atoms. The Morgan fingerprint density at radius 3 is 2.80 bits per heavy atom. The summed E-state index contributed by atoms with van der Waals surface area (Å²) in [5.41, 5.74) is 1.89. The molecule has 1 aliphatic heterocycles. The van der Waals surface area contributed by atoms with E-state index >= 15 is 0 Å². The average Bonchev–Trinajstić information content (AvgIpc) is 2.47. The Hall–Kier alpha value is -0.930. The van der Waals surface area contributed by atoms with E-state index in [1.54, 1.807) is 0 Å². The van der Waals surface area contributed by atoms with Crippen molar-refractivity contribution in [1.29, 1.82) is 0 Å². The molecule has 2 rings (SSSR count). The lowest BCUT2D eigenvalue weighted by molar-refractivity contribution is 0.122. The van der Waals surface area contributed by atoms with Crippen molar-refractivity contribution in [2.45, 2.75) is 39.0 Å². The molecule has 0 saturated carbocycles. The molecule has 1 atom stereocenters. The summed E-state index contributed by atoms with van der Waals surface area (Å²) in [6.07, 6.45) is 10.2. The van der Waals surface area contributed by atoms with Crippen LogP contribution in [0.4, 0.5) is 0 Å². The van der Waals surface area contributed by atoms with Crippen LogP contribution in [0.2, 0.25) is 0 Å². The van der Waals surface area contributed by atoms with Gasteiger partial charge in [0.05, 0.1) is 0 Å². The third-order valence-electron chi connectivity index (χ3n) is 4.48. The van der Waals surface area contributed by atoms with Gasteiger partial charge in [0.15, 0.2) is 0 Å². The number of hydrogen-bond donors (Lipinski definition) is 1. The van der Waals surface area contributed by atoms with Gasteiger partial charge in [-0.05, 0) is 62.4 Å². The molecule has 0 amide bonds. The van der Waals surface area contributed by atoms with Crippen molar-refractivity contribution in [1.82, 2.24) is 15.2 Å². The van der Waals surface area contributed by atoms with E-state index in [-0.39, 0.29) is 0 Å². The topological polar surface area (TPSA) is 28.2 Å². The fourth-order valence-electron chi connectivity index (χ4n) is 3.51. The smallest absolute Gasteiger partial charge is 0.0270 e. The third kappa shape index (κ3) is 4.57. The first-order valence-corrected chi connectivity index (χ1v) is 8.02. The van der Waals surface area contributed by atoms with Gasteiger partial charge in [0, 0.05) is 32.0 Å². The summed E-state index contributed by atoms with van der Waals surface area (Å²) in [6, 6.07) is 4.25. The highest BCUT2D eigenvalue weighted by Gasteiger charge is 2.31. The van der Waals surface area contributed by atoms with Gasteiger partial charge < -0.3 is 10.2 Å². The Balaban J connectivity index is 1.83. The normalized spacial score (nSPS) is 23.1. The summed E-state index contributed by atoms with van der Waals surface area (Å²) in [5.74, 6) is 0. The predicted molar refractivity (Wildman–Crippen MR) is 84.9 cm³/mol. The summed E-state index contributed by atoms with van der Waals surface area (Å²) in [4.78, 5) is 6.60. The largest absolute Gasteiger partial charge is 0.316 e. The van der Waals surface area contributed by atoms with Crippen molar-refractivity contribution < 1.29 is 0 Å². The second-order valence-electron chi connectivity index (χ2n) is 6.37. The van der Waals surface area contributed by atoms with Crippen LogP contribution in [0.5, 0.6) is 0 Å². The van der Waals surface area contributed by atoms with E-state index in [2.05, 4.69) is 41.3 Å². The molecule has 1 N–H and O–H groups in total. The first-order valence-electron chi connectivity index (χ1n) is 8.02. The zero-order valence-corrected chi connectivity index (χ0v) is 13.1. The Labute approximate surface area is 123 Å². The van der Waals surface area contributed by atoms with E-state index in [1.807, 2.05) is 12.4 Å². The summed E-state index contributed by atoms with van der Waals surface area (Å²) in [5, 5.41) is 3.60. The summed E-state index contributed by atoms with van der Waals surface area (Å²) >= 11 is 0. The molecule has 0 bridgehead atoms. The van der Waals surface area contributed by atoms with E-state index in [0.717, 1.165) is 13.0 Å². The Morgan fingerprint density at radius 2 is 2.15 bits per heavy atom. The maximum atomic E-state index is 4.08. The zero-order valence-electron chi connectivity index (χ0n) is 13.1. The van der Waals surface area contributed by atoms with Crippen LogP contribution >= 0.6 is 0 Å². The molecule has 1 aromatic heterocycles. The molecule has 3 nitrogen and oxygen atoms in total. The van der Waals surface area contributed by atoms with Crippen molar-refractivity contribution in [2.75, 3.05) is 33.2 Å². The lowest BCUT2D eigenvalue weighted by Gasteiger charge is -2.40. The first-order chi connectivity index (χ1) is 9.74. The summed E-state index contributed by atoms with van der Waals surface area (Å²) < 4.78 is 0. The molecule has 112 valence electrons. The highest BCUT2D eigenvalue weighted by molar-refractivity contribution is 5.09. The second-order valence-corrected chi connectivity index (χ2v) is 6.37. The average molecular weight is 275 g/mol. The molecule has 1 unspecified atom stereocenters. The van der Waals surface area contributed by atoms with Crippen LogP contribution in [0, 0.1) is 5.41 Å². The Kier molecular flexibility index (Phi) is 5.99. The van der Waals surface area contributed by atoms with Crippen LogP contribution in [-0.2, 0) is 6.42 Å². The molecule has 0 aromatic carbocycles. The minimum Gasteiger partial charge on any atom is -0.316 e. The number of nitrogens with one attached hydrogen (secondary N) is 1. The van der Waals surface area contributed by atoms with Crippen LogP contribution in [0.15, 0.2) is 24.5 Å². The van der Waals surface area contributed by atoms with Crippen LogP contribution in [0.25, 0.3) is 0 Å². The number of hydrogen-bond acceptors (Lipinski definition) is 3. The number of aromatic nitrogens is 1. The van der Waals surface area contributed by atoms with Crippen LogP contribution in [0.3, 0.4) is 0 Å². The number of pyridine rings is 1. The predicted octanol–water partition coefficient (Wildman–Crippen LogP) is 2.73. The molecular formula is C17H29N3. The van der Waals surface area contributed by atoms with Crippen molar-refractivity contribution in [3.05, 3.63) is 30.1 Å². The first kappa shape index (κ1) is 15.5. The van der Waals surface area contributed by atoms with Gasteiger partial charge in [-0.25, -0.2) is 0 Å². The molecule has 1 aliphatic rings. The molecule has 20 heavy (non-hydrogen) atoms. The van der Waals surface area contributed by atoms with Gasteiger partial charge in [-0.1, -0.05) is 13.3 Å². The van der Waals surface area contributed by atoms with Crippen LogP contribution in [0.1, 0.15) is 38.2 Å². The van der Waals surface area contributed by atoms with Gasteiger partial charge in [-0.2, -0.15) is 0 Å². The van der Waals surface area contributed by atoms with Gasteiger partial charge in [-0.3, -0.25) is 4.98 Å². The van der Waals surface area contributed by atoms with Gasteiger partial charge >= 0.3 is 0 Å². The summed E-state index contributed by atoms with van der Waals surface area (Å²) in [7, 11) is 2.27. The van der Waals surface area contributed by atoms with Crippen molar-refractivity contribution >= 4 is 0 Å². The molecule has 2 heterocycles. The second kappa shape index (κ2) is 7.75. The van der Waals surface area contributed by atoms with E-state index in [4.69, 9.17) is 0 Å². The standard InChI is InChI=1S/C17H29N3/c1-3-8-17(9-4-10-19-14-17)15-20(2)13-7-16-5-11-18-12-6-16/h5-6,11-12,19H,3-4,7-10,13-15H2,1-2H3.